The van der Waals surface area contributed by atoms with Gasteiger partial charge in [0.2, 0.25) is 0 Å². The van der Waals surface area contributed by atoms with Crippen molar-refractivity contribution < 1.29 is 0 Å². The molecule has 0 saturated carbocycles. The summed E-state index contributed by atoms with van der Waals surface area (Å²) in [6, 6.07) is 11.0. The van der Waals surface area contributed by atoms with Gasteiger partial charge < -0.3 is 0 Å². The average Bonchev–Trinajstić information content (AvgIpc) is 2.76. The predicted octanol–water partition coefficient (Wildman–Crippen LogP) is 3.46. The number of aliphatic imine (C=N–C) groups is 1. The number of rotatable bonds is 4. The monoisotopic (exact) mass is 221 g/mol. The molecule has 0 aromatic heterocycles. The lowest BCUT2D eigenvalue weighted by Crippen LogP contribution is -1.99. The summed E-state index contributed by atoms with van der Waals surface area (Å²) < 4.78 is 0. The van der Waals surface area contributed by atoms with Crippen LogP contribution in [-0.2, 0) is 6.42 Å². The molecule has 1 heterocycles. The molecule has 1 unspecified atom stereocenters. The Balaban J connectivity index is 1.84. The molecule has 2 heteroatoms. The highest BCUT2D eigenvalue weighted by Gasteiger charge is 2.15. The van der Waals surface area contributed by atoms with Gasteiger partial charge in [-0.05, 0) is 31.2 Å². The van der Waals surface area contributed by atoms with Gasteiger partial charge in [-0.1, -0.05) is 30.3 Å². The minimum atomic E-state index is 0.387. The Hall–Kier alpha value is -0.820. The summed E-state index contributed by atoms with van der Waals surface area (Å²) in [7, 11) is 0. The van der Waals surface area contributed by atoms with E-state index in [1.165, 1.54) is 11.3 Å². The van der Waals surface area contributed by atoms with Gasteiger partial charge in [-0.3, -0.25) is 4.99 Å². The fourth-order valence-corrected chi connectivity index (χ4v) is 2.18. The van der Waals surface area contributed by atoms with Gasteiger partial charge >= 0.3 is 0 Å². The Labute approximate surface area is 96.2 Å². The van der Waals surface area contributed by atoms with Crippen LogP contribution in [-0.4, -0.2) is 17.6 Å². The van der Waals surface area contributed by atoms with E-state index in [-0.39, 0.29) is 0 Å². The minimum Gasteiger partial charge on any atom is -0.290 e. The zero-order valence-electron chi connectivity index (χ0n) is 8.82. The van der Waals surface area contributed by atoms with Gasteiger partial charge in [0.05, 0.1) is 6.04 Å². The normalized spacial score (nSPS) is 20.3. The fraction of sp³-hybridized carbons (Fsp3) is 0.462. The van der Waals surface area contributed by atoms with Crippen LogP contribution in [0.5, 0.6) is 0 Å². The largest absolute Gasteiger partial charge is 0.290 e. The molecule has 80 valence electrons. The van der Waals surface area contributed by atoms with Gasteiger partial charge in [0.1, 0.15) is 0 Å². The lowest BCUT2D eigenvalue weighted by Gasteiger charge is -2.00. The maximum Gasteiger partial charge on any atom is 0.0637 e. The van der Waals surface area contributed by atoms with E-state index in [4.69, 9.17) is 11.6 Å². The topological polar surface area (TPSA) is 12.4 Å². The molecule has 1 aromatic rings. The molecule has 0 spiro atoms. The summed E-state index contributed by atoms with van der Waals surface area (Å²) in [5, 5.41) is 0. The van der Waals surface area contributed by atoms with E-state index in [9.17, 15) is 0 Å². The molecule has 2 rings (SSSR count). The van der Waals surface area contributed by atoms with Crippen molar-refractivity contribution in [3.8, 4) is 0 Å². The maximum absolute atomic E-state index is 5.78. The van der Waals surface area contributed by atoms with Crippen molar-refractivity contribution in [1.29, 1.82) is 0 Å². The molecule has 0 N–H and O–H groups in total. The third-order valence-corrected chi connectivity index (χ3v) is 3.21. The van der Waals surface area contributed by atoms with Gasteiger partial charge in [-0.15, -0.1) is 11.6 Å². The van der Waals surface area contributed by atoms with Gasteiger partial charge in [-0.2, -0.15) is 0 Å². The maximum atomic E-state index is 5.78. The van der Waals surface area contributed by atoms with E-state index < -0.39 is 0 Å². The summed E-state index contributed by atoms with van der Waals surface area (Å²) in [6.07, 6.45) is 4.49. The minimum absolute atomic E-state index is 0.387. The van der Waals surface area contributed by atoms with Crippen molar-refractivity contribution in [2.24, 2.45) is 4.99 Å². The molecule has 1 aliphatic rings. The van der Waals surface area contributed by atoms with E-state index in [1.54, 1.807) is 0 Å². The molecule has 1 aromatic carbocycles. The predicted molar refractivity (Wildman–Crippen MR) is 65.9 cm³/mol. The summed E-state index contributed by atoms with van der Waals surface area (Å²) in [5.41, 5.74) is 2.75. The molecule has 0 amide bonds. The van der Waals surface area contributed by atoms with E-state index in [0.29, 0.717) is 11.9 Å². The van der Waals surface area contributed by atoms with Crippen molar-refractivity contribution in [2.75, 3.05) is 5.88 Å². The third-order valence-electron chi connectivity index (χ3n) is 2.85. The average molecular weight is 222 g/mol. The molecule has 0 fully saturated rings. The second kappa shape index (κ2) is 5.32. The van der Waals surface area contributed by atoms with Crippen molar-refractivity contribution in [3.05, 3.63) is 35.9 Å². The van der Waals surface area contributed by atoms with E-state index in [2.05, 4.69) is 35.3 Å². The van der Waals surface area contributed by atoms with Crippen LogP contribution in [0.2, 0.25) is 0 Å². The van der Waals surface area contributed by atoms with Gasteiger partial charge in [0, 0.05) is 11.6 Å². The molecule has 15 heavy (non-hydrogen) atoms. The molecule has 1 aliphatic heterocycles. The van der Waals surface area contributed by atoms with Gasteiger partial charge in [0.25, 0.3) is 0 Å². The summed E-state index contributed by atoms with van der Waals surface area (Å²) in [4.78, 5) is 4.61. The van der Waals surface area contributed by atoms with E-state index in [1.807, 2.05) is 0 Å². The zero-order valence-corrected chi connectivity index (χ0v) is 9.58. The Bertz CT molecular complexity index is 332. The highest BCUT2D eigenvalue weighted by Crippen LogP contribution is 2.17. The smallest absolute Gasteiger partial charge is 0.0637 e. The quantitative estimate of drug-likeness (QED) is 0.691. The second-order valence-electron chi connectivity index (χ2n) is 4.03. The molecule has 0 bridgehead atoms. The first-order chi connectivity index (χ1) is 7.38. The van der Waals surface area contributed by atoms with Crippen LogP contribution >= 0.6 is 11.6 Å². The van der Waals surface area contributed by atoms with Crippen LogP contribution in [0, 0.1) is 0 Å². The van der Waals surface area contributed by atoms with Crippen LogP contribution < -0.4 is 0 Å². The SMILES string of the molecule is ClCC1CCC(CCc2ccccc2)=N1. The Kier molecular flexibility index (Phi) is 3.79. The van der Waals surface area contributed by atoms with E-state index in [0.717, 1.165) is 25.7 Å². The van der Waals surface area contributed by atoms with Crippen molar-refractivity contribution >= 4 is 17.3 Å². The lowest BCUT2D eigenvalue weighted by molar-refractivity contribution is 0.745. The van der Waals surface area contributed by atoms with Crippen LogP contribution in [0.25, 0.3) is 0 Å². The third kappa shape index (κ3) is 3.07. The summed E-state index contributed by atoms with van der Waals surface area (Å²) in [5.74, 6) is 0.675. The molecule has 0 radical (unpaired) electrons. The summed E-state index contributed by atoms with van der Waals surface area (Å²) in [6.45, 7) is 0. The molecule has 0 saturated heterocycles. The number of benzene rings is 1. The van der Waals surface area contributed by atoms with Crippen molar-refractivity contribution in [3.63, 3.8) is 0 Å². The fourth-order valence-electron chi connectivity index (χ4n) is 1.96. The summed E-state index contributed by atoms with van der Waals surface area (Å²) >= 11 is 5.78. The number of hydrogen-bond donors (Lipinski definition) is 0. The first-order valence-electron chi connectivity index (χ1n) is 5.54. The molecule has 1 atom stereocenters. The first-order valence-corrected chi connectivity index (χ1v) is 6.07. The number of alkyl halides is 1. The van der Waals surface area contributed by atoms with Crippen LogP contribution in [0.3, 0.4) is 0 Å². The number of nitrogens with zero attached hydrogens (tertiary/aromatic N) is 1. The number of aryl methyl sites for hydroxylation is 1. The number of halogens is 1. The lowest BCUT2D eigenvalue weighted by atomic mass is 10.1. The highest BCUT2D eigenvalue weighted by atomic mass is 35.5. The van der Waals surface area contributed by atoms with Crippen LogP contribution in [0.1, 0.15) is 24.8 Å². The Morgan fingerprint density at radius 1 is 1.20 bits per heavy atom. The van der Waals surface area contributed by atoms with E-state index >= 15 is 0 Å². The molecule has 1 nitrogen and oxygen atoms in total. The Morgan fingerprint density at radius 3 is 2.67 bits per heavy atom. The standard InChI is InChI=1S/C13H16ClN/c14-10-13-9-8-12(15-13)7-6-11-4-2-1-3-5-11/h1-5,13H,6-10H2. The molecular formula is C13H16ClN. The second-order valence-corrected chi connectivity index (χ2v) is 4.34. The first kappa shape index (κ1) is 10.7. The molecular weight excluding hydrogens is 206 g/mol. The molecule has 0 aliphatic carbocycles. The van der Waals surface area contributed by atoms with Crippen LogP contribution in [0.15, 0.2) is 35.3 Å². The zero-order chi connectivity index (χ0) is 10.5. The van der Waals surface area contributed by atoms with Gasteiger partial charge in [-0.25, -0.2) is 0 Å². The number of hydrogen-bond acceptors (Lipinski definition) is 1. The van der Waals surface area contributed by atoms with Crippen molar-refractivity contribution in [1.82, 2.24) is 0 Å². The van der Waals surface area contributed by atoms with Gasteiger partial charge in [0.15, 0.2) is 0 Å². The van der Waals surface area contributed by atoms with Crippen LogP contribution in [0.4, 0.5) is 0 Å². The Morgan fingerprint density at radius 2 is 2.00 bits per heavy atom. The highest BCUT2D eigenvalue weighted by molar-refractivity contribution is 6.18. The van der Waals surface area contributed by atoms with Crippen molar-refractivity contribution in [2.45, 2.75) is 31.7 Å².